The van der Waals surface area contributed by atoms with Crippen LogP contribution in [0.1, 0.15) is 24.5 Å². The molecule has 14 heavy (non-hydrogen) atoms. The lowest BCUT2D eigenvalue weighted by Crippen LogP contribution is -1.89. The molecule has 0 aromatic heterocycles. The summed E-state index contributed by atoms with van der Waals surface area (Å²) in [4.78, 5) is 0. The van der Waals surface area contributed by atoms with E-state index in [-0.39, 0.29) is 6.61 Å². The highest BCUT2D eigenvalue weighted by molar-refractivity contribution is 5.65. The van der Waals surface area contributed by atoms with Crippen molar-refractivity contribution in [3.05, 3.63) is 41.5 Å². The molecule has 0 amide bonds. The molecule has 0 radical (unpaired) electrons. The number of rotatable bonds is 3. The second-order valence-corrected chi connectivity index (χ2v) is 2.98. The second kappa shape index (κ2) is 5.21. The van der Waals surface area contributed by atoms with Crippen molar-refractivity contribution in [1.29, 1.82) is 5.26 Å². The van der Waals surface area contributed by atoms with Gasteiger partial charge in [-0.15, -0.1) is 0 Å². The van der Waals surface area contributed by atoms with E-state index in [1.54, 1.807) is 12.1 Å². The Hall–Kier alpha value is -1.59. The fourth-order valence-corrected chi connectivity index (χ4v) is 1.33. The van der Waals surface area contributed by atoms with Crippen LogP contribution in [-0.2, 0) is 0 Å². The first-order chi connectivity index (χ1) is 6.81. The molecule has 0 heterocycles. The number of nitriles is 1. The molecule has 2 nitrogen and oxygen atoms in total. The van der Waals surface area contributed by atoms with Gasteiger partial charge in [-0.3, -0.25) is 0 Å². The van der Waals surface area contributed by atoms with E-state index in [0.29, 0.717) is 12.0 Å². The van der Waals surface area contributed by atoms with Crippen molar-refractivity contribution in [3.8, 4) is 6.07 Å². The van der Waals surface area contributed by atoms with Crippen molar-refractivity contribution in [2.45, 2.75) is 13.3 Å². The molecule has 2 heteroatoms. The summed E-state index contributed by atoms with van der Waals surface area (Å²) in [5.74, 6) is 0. The van der Waals surface area contributed by atoms with E-state index in [2.05, 4.69) is 6.07 Å². The number of aliphatic hydroxyl groups is 1. The summed E-state index contributed by atoms with van der Waals surface area (Å²) >= 11 is 0. The van der Waals surface area contributed by atoms with E-state index >= 15 is 0 Å². The molecule has 1 N–H and O–H groups in total. The molecule has 0 aliphatic carbocycles. The van der Waals surface area contributed by atoms with Crippen LogP contribution in [0.3, 0.4) is 0 Å². The Morgan fingerprint density at radius 2 is 2.07 bits per heavy atom. The maximum absolute atomic E-state index is 8.84. The molecular weight excluding hydrogens is 174 g/mol. The predicted octanol–water partition coefficient (Wildman–Crippen LogP) is 2.34. The van der Waals surface area contributed by atoms with Gasteiger partial charge in [-0.05, 0) is 36.6 Å². The first-order valence-corrected chi connectivity index (χ1v) is 4.58. The molecule has 0 fully saturated rings. The van der Waals surface area contributed by atoms with Crippen molar-refractivity contribution in [2.24, 2.45) is 0 Å². The Morgan fingerprint density at radius 1 is 1.43 bits per heavy atom. The van der Waals surface area contributed by atoms with E-state index in [1.807, 2.05) is 25.1 Å². The van der Waals surface area contributed by atoms with Crippen LogP contribution in [0.15, 0.2) is 30.3 Å². The summed E-state index contributed by atoms with van der Waals surface area (Å²) in [5.41, 5.74) is 2.84. The standard InChI is InChI=1S/C12H13NO/c1-2-11(7-8-14)12-5-3-10(9-13)4-6-12/h2-6,14H,7-8H2,1H3/b11-2-. The van der Waals surface area contributed by atoms with Crippen molar-refractivity contribution in [2.75, 3.05) is 6.61 Å². The van der Waals surface area contributed by atoms with Crippen LogP contribution in [-0.4, -0.2) is 11.7 Å². The summed E-state index contributed by atoms with van der Waals surface area (Å²) in [6.45, 7) is 2.10. The molecule has 72 valence electrons. The van der Waals surface area contributed by atoms with Crippen molar-refractivity contribution >= 4 is 5.57 Å². The van der Waals surface area contributed by atoms with Gasteiger partial charge in [-0.2, -0.15) is 5.26 Å². The Morgan fingerprint density at radius 3 is 2.50 bits per heavy atom. The molecule has 0 saturated carbocycles. The number of aliphatic hydroxyl groups excluding tert-OH is 1. The highest BCUT2D eigenvalue weighted by atomic mass is 16.2. The van der Waals surface area contributed by atoms with Crippen molar-refractivity contribution < 1.29 is 5.11 Å². The highest BCUT2D eigenvalue weighted by Gasteiger charge is 1.99. The highest BCUT2D eigenvalue weighted by Crippen LogP contribution is 2.17. The summed E-state index contributed by atoms with van der Waals surface area (Å²) in [7, 11) is 0. The third kappa shape index (κ3) is 2.45. The van der Waals surface area contributed by atoms with E-state index in [4.69, 9.17) is 10.4 Å². The molecular formula is C12H13NO. The van der Waals surface area contributed by atoms with E-state index in [9.17, 15) is 0 Å². The van der Waals surface area contributed by atoms with Gasteiger partial charge in [0, 0.05) is 6.61 Å². The van der Waals surface area contributed by atoms with Crippen LogP contribution in [0.4, 0.5) is 0 Å². The van der Waals surface area contributed by atoms with Crippen LogP contribution in [0, 0.1) is 11.3 Å². The molecule has 0 atom stereocenters. The van der Waals surface area contributed by atoms with Crippen LogP contribution in [0.25, 0.3) is 5.57 Å². The smallest absolute Gasteiger partial charge is 0.0991 e. The van der Waals surface area contributed by atoms with Gasteiger partial charge in [-0.1, -0.05) is 18.2 Å². The lowest BCUT2D eigenvalue weighted by molar-refractivity contribution is 0.305. The average molecular weight is 187 g/mol. The first-order valence-electron chi connectivity index (χ1n) is 4.58. The number of hydrogen-bond acceptors (Lipinski definition) is 2. The quantitative estimate of drug-likeness (QED) is 0.789. The summed E-state index contributed by atoms with van der Waals surface area (Å²) in [6, 6.07) is 9.46. The molecule has 0 aliphatic rings. The second-order valence-electron chi connectivity index (χ2n) is 2.98. The minimum atomic E-state index is 0.152. The zero-order valence-electron chi connectivity index (χ0n) is 8.20. The fraction of sp³-hybridized carbons (Fsp3) is 0.250. The molecule has 1 rings (SSSR count). The van der Waals surface area contributed by atoms with Gasteiger partial charge in [0.2, 0.25) is 0 Å². The van der Waals surface area contributed by atoms with Gasteiger partial charge >= 0.3 is 0 Å². The molecule has 0 unspecified atom stereocenters. The van der Waals surface area contributed by atoms with Crippen LogP contribution in [0.2, 0.25) is 0 Å². The van der Waals surface area contributed by atoms with Gasteiger partial charge in [0.15, 0.2) is 0 Å². The number of allylic oxidation sites excluding steroid dienone is 1. The lowest BCUT2D eigenvalue weighted by Gasteiger charge is -2.04. The first kappa shape index (κ1) is 10.5. The fourth-order valence-electron chi connectivity index (χ4n) is 1.33. The topological polar surface area (TPSA) is 44.0 Å². The molecule has 0 saturated heterocycles. The Labute approximate surface area is 84.1 Å². The molecule has 0 bridgehead atoms. The van der Waals surface area contributed by atoms with Crippen molar-refractivity contribution in [1.82, 2.24) is 0 Å². The maximum Gasteiger partial charge on any atom is 0.0991 e. The molecule has 1 aromatic rings. The van der Waals surface area contributed by atoms with Gasteiger partial charge in [0.05, 0.1) is 11.6 Å². The third-order valence-corrected chi connectivity index (χ3v) is 2.11. The zero-order valence-corrected chi connectivity index (χ0v) is 8.20. The average Bonchev–Trinajstić information content (AvgIpc) is 2.26. The molecule has 0 aliphatic heterocycles. The minimum absolute atomic E-state index is 0.152. The number of hydrogen-bond donors (Lipinski definition) is 1. The van der Waals surface area contributed by atoms with E-state index < -0.39 is 0 Å². The van der Waals surface area contributed by atoms with Crippen LogP contribution < -0.4 is 0 Å². The number of benzene rings is 1. The molecule has 1 aromatic carbocycles. The van der Waals surface area contributed by atoms with Crippen LogP contribution in [0.5, 0.6) is 0 Å². The molecule has 0 spiro atoms. The van der Waals surface area contributed by atoms with E-state index in [0.717, 1.165) is 11.1 Å². The summed E-state index contributed by atoms with van der Waals surface area (Å²) in [6.07, 6.45) is 2.64. The van der Waals surface area contributed by atoms with E-state index in [1.165, 1.54) is 0 Å². The minimum Gasteiger partial charge on any atom is -0.396 e. The summed E-state index contributed by atoms with van der Waals surface area (Å²) in [5, 5.41) is 17.5. The predicted molar refractivity (Wildman–Crippen MR) is 56.5 cm³/mol. The normalized spacial score (nSPS) is 11.1. The largest absolute Gasteiger partial charge is 0.396 e. The Balaban J connectivity index is 2.91. The Kier molecular flexibility index (Phi) is 3.90. The van der Waals surface area contributed by atoms with Gasteiger partial charge in [-0.25, -0.2) is 0 Å². The van der Waals surface area contributed by atoms with Gasteiger partial charge in [0.1, 0.15) is 0 Å². The SMILES string of the molecule is C/C=C(/CCO)c1ccc(C#N)cc1. The monoisotopic (exact) mass is 187 g/mol. The Bertz CT molecular complexity index is 357. The maximum atomic E-state index is 8.84. The lowest BCUT2D eigenvalue weighted by atomic mass is 10.0. The van der Waals surface area contributed by atoms with Gasteiger partial charge in [0.25, 0.3) is 0 Å². The van der Waals surface area contributed by atoms with Gasteiger partial charge < -0.3 is 5.11 Å². The summed E-state index contributed by atoms with van der Waals surface area (Å²) < 4.78 is 0. The zero-order chi connectivity index (χ0) is 10.4. The third-order valence-electron chi connectivity index (χ3n) is 2.11. The van der Waals surface area contributed by atoms with Crippen LogP contribution >= 0.6 is 0 Å². The van der Waals surface area contributed by atoms with Crippen molar-refractivity contribution in [3.63, 3.8) is 0 Å². The number of nitrogens with zero attached hydrogens (tertiary/aromatic N) is 1.